The molecular weight excluding hydrogens is 402 g/mol. The van der Waals surface area contributed by atoms with Crippen LogP contribution in [0.4, 0.5) is 11.4 Å². The number of alkyl halides is 1. The second kappa shape index (κ2) is 7.24. The van der Waals surface area contributed by atoms with Gasteiger partial charge >= 0.3 is 0 Å². The molecule has 3 rings (SSSR count). The van der Waals surface area contributed by atoms with E-state index in [1.807, 2.05) is 11.8 Å². The number of anilines is 2. The van der Waals surface area contributed by atoms with Crippen LogP contribution in [0.2, 0.25) is 0 Å². The van der Waals surface area contributed by atoms with Gasteiger partial charge in [-0.1, -0.05) is 81.4 Å². The molecule has 1 nitrogen and oxygen atoms in total. The smallest absolute Gasteiger partial charge is 0.0553 e. The second-order valence-corrected chi connectivity index (χ2v) is 11.0. The summed E-state index contributed by atoms with van der Waals surface area (Å²) in [7, 11) is 0. The second-order valence-electron chi connectivity index (χ2n) is 9.16. The van der Waals surface area contributed by atoms with E-state index in [2.05, 4.69) is 98.8 Å². The van der Waals surface area contributed by atoms with Gasteiger partial charge in [0, 0.05) is 21.7 Å². The van der Waals surface area contributed by atoms with Gasteiger partial charge in [0.2, 0.25) is 0 Å². The maximum atomic E-state index is 3.60. The Bertz CT molecular complexity index is 735. The molecule has 0 aromatic heterocycles. The van der Waals surface area contributed by atoms with Gasteiger partial charge in [-0.15, -0.1) is 0 Å². The average molecular weight is 432 g/mol. The van der Waals surface area contributed by atoms with Gasteiger partial charge < -0.3 is 4.90 Å². The predicted molar refractivity (Wildman–Crippen MR) is 120 cm³/mol. The molecule has 0 unspecified atom stereocenters. The molecule has 0 N–H and O–H groups in total. The molecule has 0 spiro atoms. The zero-order valence-corrected chi connectivity index (χ0v) is 19.2. The Kier molecular flexibility index (Phi) is 5.52. The number of hydrogen-bond donors (Lipinski definition) is 0. The zero-order valence-electron chi connectivity index (χ0n) is 16.8. The first-order valence-electron chi connectivity index (χ1n) is 9.42. The normalized spacial score (nSPS) is 14.2. The van der Waals surface area contributed by atoms with E-state index < -0.39 is 0 Å². The molecule has 0 bridgehead atoms. The van der Waals surface area contributed by atoms with Crippen LogP contribution in [0.5, 0.6) is 0 Å². The average Bonchev–Trinajstić information content (AvgIpc) is 2.56. The van der Waals surface area contributed by atoms with Crippen molar-refractivity contribution in [2.24, 2.45) is 0 Å². The van der Waals surface area contributed by atoms with Crippen molar-refractivity contribution in [1.29, 1.82) is 0 Å². The fraction of sp³-hybridized carbons (Fsp3) is 0.478. The Morgan fingerprint density at radius 3 is 1.65 bits per heavy atom. The highest BCUT2D eigenvalue weighted by atomic mass is 79.9. The lowest BCUT2D eigenvalue weighted by Crippen LogP contribution is -2.23. The van der Waals surface area contributed by atoms with Gasteiger partial charge in [-0.05, 0) is 52.6 Å². The molecule has 0 saturated heterocycles. The van der Waals surface area contributed by atoms with Crippen LogP contribution in [0.3, 0.4) is 0 Å². The molecule has 140 valence electrons. The Morgan fingerprint density at radius 2 is 1.27 bits per heavy atom. The minimum Gasteiger partial charge on any atom is -0.340 e. The van der Waals surface area contributed by atoms with Crippen molar-refractivity contribution in [2.75, 3.05) is 16.8 Å². The third-order valence-electron chi connectivity index (χ3n) is 4.97. The fourth-order valence-electron chi connectivity index (χ4n) is 3.28. The molecule has 1 aliphatic heterocycles. The largest absolute Gasteiger partial charge is 0.340 e. The van der Waals surface area contributed by atoms with Crippen LogP contribution in [0.1, 0.15) is 59.1 Å². The summed E-state index contributed by atoms with van der Waals surface area (Å²) in [5, 5.41) is 1.03. The summed E-state index contributed by atoms with van der Waals surface area (Å²) in [4.78, 5) is 5.26. The lowest BCUT2D eigenvalue weighted by Gasteiger charge is -2.35. The summed E-state index contributed by atoms with van der Waals surface area (Å²) in [6.45, 7) is 14.8. The van der Waals surface area contributed by atoms with Crippen LogP contribution in [-0.4, -0.2) is 11.9 Å². The van der Waals surface area contributed by atoms with Crippen LogP contribution >= 0.6 is 27.7 Å². The number of hydrogen-bond acceptors (Lipinski definition) is 2. The SMILES string of the molecule is CC(C)(C)c1ccc2c(c1)Sc1cc(C(C)(C)C)ccc1N2CCCBr. The highest BCUT2D eigenvalue weighted by molar-refractivity contribution is 9.09. The van der Waals surface area contributed by atoms with Crippen molar-refractivity contribution in [3.8, 4) is 0 Å². The Balaban J connectivity index is 2.09. The van der Waals surface area contributed by atoms with Crippen molar-refractivity contribution in [1.82, 2.24) is 0 Å². The Hall–Kier alpha value is -0.930. The van der Waals surface area contributed by atoms with Crippen LogP contribution in [0.15, 0.2) is 46.2 Å². The quantitative estimate of drug-likeness (QED) is 0.458. The monoisotopic (exact) mass is 431 g/mol. The van der Waals surface area contributed by atoms with E-state index in [-0.39, 0.29) is 10.8 Å². The number of halogens is 1. The summed E-state index contributed by atoms with van der Waals surface area (Å²) < 4.78 is 0. The molecule has 2 aromatic carbocycles. The molecule has 26 heavy (non-hydrogen) atoms. The molecule has 0 radical (unpaired) electrons. The molecule has 0 aliphatic carbocycles. The van der Waals surface area contributed by atoms with Crippen LogP contribution in [-0.2, 0) is 10.8 Å². The molecule has 2 aromatic rings. The third-order valence-corrected chi connectivity index (χ3v) is 6.62. The highest BCUT2D eigenvalue weighted by Gasteiger charge is 2.26. The van der Waals surface area contributed by atoms with E-state index in [1.54, 1.807) is 0 Å². The Labute approximate surface area is 171 Å². The predicted octanol–water partition coefficient (Wildman–Crippen LogP) is 7.67. The van der Waals surface area contributed by atoms with Crippen molar-refractivity contribution < 1.29 is 0 Å². The van der Waals surface area contributed by atoms with Gasteiger partial charge in [-0.2, -0.15) is 0 Å². The van der Waals surface area contributed by atoms with E-state index in [9.17, 15) is 0 Å². The number of rotatable bonds is 3. The maximum absolute atomic E-state index is 3.60. The number of nitrogens with zero attached hydrogens (tertiary/aromatic N) is 1. The molecule has 0 saturated carbocycles. The van der Waals surface area contributed by atoms with Gasteiger partial charge in [-0.3, -0.25) is 0 Å². The first-order chi connectivity index (χ1) is 12.1. The van der Waals surface area contributed by atoms with Gasteiger partial charge in [0.15, 0.2) is 0 Å². The van der Waals surface area contributed by atoms with Gasteiger partial charge in [0.1, 0.15) is 0 Å². The Morgan fingerprint density at radius 1 is 0.808 bits per heavy atom. The zero-order chi connectivity index (χ0) is 19.1. The molecule has 1 heterocycles. The van der Waals surface area contributed by atoms with Gasteiger partial charge in [0.05, 0.1) is 11.4 Å². The maximum Gasteiger partial charge on any atom is 0.0553 e. The first-order valence-corrected chi connectivity index (χ1v) is 11.4. The number of fused-ring (bicyclic) bond motifs is 2. The summed E-state index contributed by atoms with van der Waals surface area (Å²) >= 11 is 5.53. The summed E-state index contributed by atoms with van der Waals surface area (Å²) in [6.07, 6.45) is 1.13. The topological polar surface area (TPSA) is 3.24 Å². The van der Waals surface area contributed by atoms with Crippen molar-refractivity contribution in [3.63, 3.8) is 0 Å². The molecular formula is C23H30BrNS. The van der Waals surface area contributed by atoms with Crippen molar-refractivity contribution >= 4 is 39.1 Å². The van der Waals surface area contributed by atoms with Crippen molar-refractivity contribution in [3.05, 3.63) is 47.5 Å². The summed E-state index contributed by atoms with van der Waals surface area (Å²) in [5.74, 6) is 0. The molecule has 0 fully saturated rings. The summed E-state index contributed by atoms with van der Waals surface area (Å²) in [5.41, 5.74) is 5.84. The minimum atomic E-state index is 0.170. The standard InChI is InChI=1S/C23H30BrNS/c1-22(2,3)16-8-10-18-20(14-16)26-21-15-17(23(4,5)6)9-11-19(21)25(18)13-7-12-24/h8-11,14-15H,7,12-13H2,1-6H3. The lowest BCUT2D eigenvalue weighted by atomic mass is 9.86. The van der Waals surface area contributed by atoms with E-state index in [0.717, 1.165) is 18.3 Å². The highest BCUT2D eigenvalue weighted by Crippen LogP contribution is 2.50. The summed E-state index contributed by atoms with van der Waals surface area (Å²) in [6, 6.07) is 14.0. The fourth-order valence-corrected chi connectivity index (χ4v) is 4.70. The lowest BCUT2D eigenvalue weighted by molar-refractivity contribution is 0.588. The van der Waals surface area contributed by atoms with Gasteiger partial charge in [0.25, 0.3) is 0 Å². The van der Waals surface area contributed by atoms with Gasteiger partial charge in [-0.25, -0.2) is 0 Å². The molecule has 0 atom stereocenters. The van der Waals surface area contributed by atoms with E-state index >= 15 is 0 Å². The minimum absolute atomic E-state index is 0.170. The van der Waals surface area contributed by atoms with Crippen LogP contribution in [0.25, 0.3) is 0 Å². The molecule has 1 aliphatic rings. The van der Waals surface area contributed by atoms with Crippen LogP contribution in [0, 0.1) is 0 Å². The van der Waals surface area contributed by atoms with E-state index in [1.165, 1.54) is 32.3 Å². The molecule has 3 heteroatoms. The molecule has 0 amide bonds. The number of benzene rings is 2. The third kappa shape index (κ3) is 3.99. The first kappa shape index (κ1) is 19.8. The van der Waals surface area contributed by atoms with Crippen molar-refractivity contribution in [2.45, 2.75) is 68.6 Å². The van der Waals surface area contributed by atoms with E-state index in [4.69, 9.17) is 0 Å². The van der Waals surface area contributed by atoms with E-state index in [0.29, 0.717) is 0 Å². The van der Waals surface area contributed by atoms with Crippen LogP contribution < -0.4 is 4.90 Å².